The maximum Gasteiger partial charge on any atom is 0.322 e. The van der Waals surface area contributed by atoms with E-state index in [1.807, 2.05) is 0 Å². The fraction of sp³-hybridized carbons (Fsp3) is 0.500. The van der Waals surface area contributed by atoms with E-state index < -0.39 is 22.0 Å². The van der Waals surface area contributed by atoms with Gasteiger partial charge in [-0.1, -0.05) is 0 Å². The Bertz CT molecular complexity index is 848. The number of aryl methyl sites for hydroxylation is 1. The normalized spacial score (nSPS) is 23.6. The van der Waals surface area contributed by atoms with Crippen LogP contribution in [0.4, 0.5) is 5.69 Å². The summed E-state index contributed by atoms with van der Waals surface area (Å²) in [5.41, 5.74) is 2.47. The summed E-state index contributed by atoms with van der Waals surface area (Å²) in [5.74, 6) is -1.11. The molecule has 0 radical (unpaired) electrons. The van der Waals surface area contributed by atoms with Gasteiger partial charge in [-0.3, -0.25) is 9.59 Å². The zero-order valence-corrected chi connectivity index (χ0v) is 13.9. The Balaban J connectivity index is 1.79. The number of nitrogens with zero attached hydrogens (tertiary/aromatic N) is 2. The zero-order valence-electron chi connectivity index (χ0n) is 13.1. The van der Waals surface area contributed by atoms with Crippen LogP contribution in [0.25, 0.3) is 0 Å². The lowest BCUT2D eigenvalue weighted by atomic mass is 10.0. The van der Waals surface area contributed by atoms with E-state index >= 15 is 0 Å². The molecule has 1 atom stereocenters. The van der Waals surface area contributed by atoms with E-state index in [-0.39, 0.29) is 23.8 Å². The van der Waals surface area contributed by atoms with E-state index in [1.54, 1.807) is 17.0 Å². The second kappa shape index (κ2) is 5.29. The van der Waals surface area contributed by atoms with Gasteiger partial charge < -0.3 is 10.0 Å². The Morgan fingerprint density at radius 3 is 2.67 bits per heavy atom. The molecule has 1 aromatic rings. The number of sulfonamides is 1. The van der Waals surface area contributed by atoms with E-state index in [4.69, 9.17) is 0 Å². The van der Waals surface area contributed by atoms with Crippen LogP contribution in [0.2, 0.25) is 0 Å². The van der Waals surface area contributed by atoms with Gasteiger partial charge in [0, 0.05) is 13.1 Å². The highest BCUT2D eigenvalue weighted by Crippen LogP contribution is 2.39. The molecule has 0 saturated carbocycles. The minimum atomic E-state index is -3.88. The minimum absolute atomic E-state index is 0.00471. The summed E-state index contributed by atoms with van der Waals surface area (Å²) in [5, 5.41) is 9.27. The third kappa shape index (κ3) is 2.16. The molecule has 3 aliphatic rings. The molecule has 7 nitrogen and oxygen atoms in total. The smallest absolute Gasteiger partial charge is 0.322 e. The minimum Gasteiger partial charge on any atom is -0.480 e. The second-order valence-corrected chi connectivity index (χ2v) is 8.42. The molecule has 3 heterocycles. The number of hydrogen-bond acceptors (Lipinski definition) is 4. The lowest BCUT2D eigenvalue weighted by Gasteiger charge is -2.27. The van der Waals surface area contributed by atoms with E-state index in [0.29, 0.717) is 19.4 Å². The van der Waals surface area contributed by atoms with Crippen molar-refractivity contribution in [1.82, 2.24) is 4.31 Å². The van der Waals surface area contributed by atoms with Gasteiger partial charge in [-0.05, 0) is 48.9 Å². The summed E-state index contributed by atoms with van der Waals surface area (Å²) in [4.78, 5) is 25.3. The van der Waals surface area contributed by atoms with Crippen LogP contribution in [0.15, 0.2) is 17.0 Å². The third-order valence-electron chi connectivity index (χ3n) is 5.08. The van der Waals surface area contributed by atoms with Gasteiger partial charge in [0.05, 0.1) is 17.0 Å². The summed E-state index contributed by atoms with van der Waals surface area (Å²) >= 11 is 0. The molecule has 1 saturated heterocycles. The SMILES string of the molecule is O=C(O)C1CCCN1S(=O)(=O)c1cc2c3c(c1)CC(=O)N3CCC2. The molecule has 1 unspecified atom stereocenters. The summed E-state index contributed by atoms with van der Waals surface area (Å²) in [6.45, 7) is 0.898. The van der Waals surface area contributed by atoms with Crippen molar-refractivity contribution in [3.05, 3.63) is 23.3 Å². The first-order valence-electron chi connectivity index (χ1n) is 8.10. The molecule has 128 valence electrons. The largest absolute Gasteiger partial charge is 0.480 e. The van der Waals surface area contributed by atoms with Crippen molar-refractivity contribution in [3.8, 4) is 0 Å². The van der Waals surface area contributed by atoms with Crippen molar-refractivity contribution in [2.75, 3.05) is 18.0 Å². The first kappa shape index (κ1) is 15.6. The number of benzene rings is 1. The number of amides is 1. The fourth-order valence-corrected chi connectivity index (χ4v) is 5.76. The Morgan fingerprint density at radius 1 is 1.17 bits per heavy atom. The average molecular weight is 350 g/mol. The lowest BCUT2D eigenvalue weighted by molar-refractivity contribution is -0.140. The van der Waals surface area contributed by atoms with Crippen molar-refractivity contribution in [1.29, 1.82) is 0 Å². The molecule has 3 aliphatic heterocycles. The predicted octanol–water partition coefficient (Wildman–Crippen LogP) is 0.760. The number of carboxylic acid groups (broad SMARTS) is 1. The molecule has 0 aromatic heterocycles. The van der Waals surface area contributed by atoms with E-state index in [2.05, 4.69) is 0 Å². The molecule has 8 heteroatoms. The van der Waals surface area contributed by atoms with Gasteiger partial charge in [0.2, 0.25) is 15.9 Å². The summed E-state index contributed by atoms with van der Waals surface area (Å²) in [7, 11) is -3.88. The van der Waals surface area contributed by atoms with Gasteiger partial charge in [0.15, 0.2) is 0 Å². The van der Waals surface area contributed by atoms with Crippen LogP contribution in [0, 0.1) is 0 Å². The number of rotatable bonds is 3. The van der Waals surface area contributed by atoms with Gasteiger partial charge in [0.1, 0.15) is 6.04 Å². The van der Waals surface area contributed by atoms with Crippen LogP contribution in [0.5, 0.6) is 0 Å². The quantitative estimate of drug-likeness (QED) is 0.868. The number of carbonyl (C=O) groups excluding carboxylic acids is 1. The zero-order chi connectivity index (χ0) is 17.1. The van der Waals surface area contributed by atoms with Crippen molar-refractivity contribution in [3.63, 3.8) is 0 Å². The predicted molar refractivity (Wildman–Crippen MR) is 85.4 cm³/mol. The molecule has 1 aromatic carbocycles. The second-order valence-electron chi connectivity index (χ2n) is 6.53. The van der Waals surface area contributed by atoms with Crippen LogP contribution < -0.4 is 4.90 Å². The molecule has 0 bridgehead atoms. The molecule has 1 amide bonds. The molecular formula is C16H18N2O5S. The lowest BCUT2D eigenvalue weighted by Crippen LogP contribution is -2.40. The van der Waals surface area contributed by atoms with Crippen LogP contribution in [-0.4, -0.2) is 48.8 Å². The number of carboxylic acids is 1. The summed E-state index contributed by atoms with van der Waals surface area (Å²) < 4.78 is 27.0. The van der Waals surface area contributed by atoms with E-state index in [9.17, 15) is 23.1 Å². The highest BCUT2D eigenvalue weighted by Gasteiger charge is 2.41. The van der Waals surface area contributed by atoms with Crippen molar-refractivity contribution >= 4 is 27.6 Å². The molecular weight excluding hydrogens is 332 g/mol. The standard InChI is InChI=1S/C16H18N2O5S/c19-14-9-11-8-12(7-10-3-1-5-17(14)15(10)11)24(22,23)18-6-2-4-13(18)16(20)21/h7-8,13H,1-6,9H2,(H,20,21). The van der Waals surface area contributed by atoms with Crippen LogP contribution in [-0.2, 0) is 32.5 Å². The molecule has 1 N–H and O–H groups in total. The van der Waals surface area contributed by atoms with E-state index in [0.717, 1.165) is 34.0 Å². The number of carbonyl (C=O) groups is 2. The molecule has 24 heavy (non-hydrogen) atoms. The third-order valence-corrected chi connectivity index (χ3v) is 6.96. The van der Waals surface area contributed by atoms with Gasteiger partial charge in [-0.15, -0.1) is 0 Å². The van der Waals surface area contributed by atoms with Crippen molar-refractivity contribution < 1.29 is 23.1 Å². The van der Waals surface area contributed by atoms with E-state index in [1.165, 1.54) is 0 Å². The number of hydrogen-bond donors (Lipinski definition) is 1. The fourth-order valence-electron chi connectivity index (χ4n) is 4.01. The Labute approximate surface area is 139 Å². The van der Waals surface area contributed by atoms with Crippen molar-refractivity contribution in [2.45, 2.75) is 43.0 Å². The first-order chi connectivity index (χ1) is 11.4. The maximum atomic E-state index is 13.0. The van der Waals surface area contributed by atoms with Crippen LogP contribution in [0.1, 0.15) is 30.4 Å². The van der Waals surface area contributed by atoms with Crippen molar-refractivity contribution in [2.24, 2.45) is 0 Å². The van der Waals surface area contributed by atoms with Gasteiger partial charge in [0.25, 0.3) is 0 Å². The average Bonchev–Trinajstić information content (AvgIpc) is 3.15. The topological polar surface area (TPSA) is 95.0 Å². The molecule has 4 rings (SSSR count). The van der Waals surface area contributed by atoms with Gasteiger partial charge in [-0.2, -0.15) is 4.31 Å². The summed E-state index contributed by atoms with van der Waals surface area (Å²) in [6, 6.07) is 2.17. The molecule has 0 aliphatic carbocycles. The Kier molecular flexibility index (Phi) is 3.43. The van der Waals surface area contributed by atoms with Crippen LogP contribution in [0.3, 0.4) is 0 Å². The monoisotopic (exact) mass is 350 g/mol. The Morgan fingerprint density at radius 2 is 1.92 bits per heavy atom. The summed E-state index contributed by atoms with van der Waals surface area (Å²) in [6.07, 6.45) is 2.63. The van der Waals surface area contributed by atoms with Gasteiger partial charge >= 0.3 is 5.97 Å². The maximum absolute atomic E-state index is 13.0. The van der Waals surface area contributed by atoms with Gasteiger partial charge in [-0.25, -0.2) is 8.42 Å². The molecule has 1 fully saturated rings. The van der Waals surface area contributed by atoms with Crippen LogP contribution >= 0.6 is 0 Å². The molecule has 0 spiro atoms. The number of aliphatic carboxylic acids is 1. The highest BCUT2D eigenvalue weighted by molar-refractivity contribution is 7.89. The Hall–Kier alpha value is -1.93. The first-order valence-corrected chi connectivity index (χ1v) is 9.54. The number of anilines is 1. The highest BCUT2D eigenvalue weighted by atomic mass is 32.2.